The maximum absolute atomic E-state index is 11.4. The maximum atomic E-state index is 11.4. The average molecular weight is 590 g/mol. The van der Waals surface area contributed by atoms with Crippen LogP contribution in [0, 0.1) is 6.92 Å². The molecule has 3 aromatic carbocycles. The van der Waals surface area contributed by atoms with E-state index in [0.29, 0.717) is 23.7 Å². The van der Waals surface area contributed by atoms with Gasteiger partial charge in [-0.3, -0.25) is 4.57 Å². The molecule has 2 N–H and O–H groups in total. The van der Waals surface area contributed by atoms with E-state index in [4.69, 9.17) is 19.2 Å². The Bertz CT molecular complexity index is 1700. The lowest BCUT2D eigenvalue weighted by Gasteiger charge is -2.12. The Morgan fingerprint density at radius 3 is 2.39 bits per heavy atom. The number of benzene rings is 3. The van der Waals surface area contributed by atoms with Crippen LogP contribution in [0.2, 0.25) is 0 Å². The highest BCUT2D eigenvalue weighted by Gasteiger charge is 2.15. The molecule has 9 nitrogen and oxygen atoms in total. The van der Waals surface area contributed by atoms with Gasteiger partial charge in [-0.15, -0.1) is 16.4 Å². The molecule has 0 spiro atoms. The fraction of sp³-hybridized carbons (Fsp3) is 0.133. The van der Waals surface area contributed by atoms with Gasteiger partial charge in [0.2, 0.25) is 5.88 Å². The predicted molar refractivity (Wildman–Crippen MR) is 159 cm³/mol. The first-order valence-corrected chi connectivity index (χ1v) is 15.1. The average Bonchev–Trinajstić information content (AvgIpc) is 3.57. The molecule has 0 unspecified atom stereocenters. The zero-order chi connectivity index (χ0) is 28.8. The number of aromatic nitrogens is 3. The quantitative estimate of drug-likeness (QED) is 0.165. The molecule has 11 heteroatoms. The number of para-hydroxylation sites is 1. The number of hydrogen-bond acceptors (Lipinski definition) is 7. The van der Waals surface area contributed by atoms with Crippen LogP contribution >= 0.6 is 18.9 Å². The zero-order valence-corrected chi connectivity index (χ0v) is 24.1. The Hall–Kier alpha value is -4.21. The summed E-state index contributed by atoms with van der Waals surface area (Å²) in [5.41, 5.74) is 4.01. The van der Waals surface area contributed by atoms with Crippen LogP contribution < -0.4 is 14.2 Å². The molecule has 0 amide bonds. The first kappa shape index (κ1) is 28.3. The number of hydrogen-bond donors (Lipinski definition) is 2. The summed E-state index contributed by atoms with van der Waals surface area (Å²) in [6.45, 7) is 2.48. The van der Waals surface area contributed by atoms with Crippen molar-refractivity contribution in [2.45, 2.75) is 20.1 Å². The lowest BCUT2D eigenvalue weighted by Crippen LogP contribution is -2.01. The Labute approximate surface area is 241 Å². The molecule has 41 heavy (non-hydrogen) atoms. The second-order valence-electron chi connectivity index (χ2n) is 9.03. The molecule has 5 rings (SSSR count). The van der Waals surface area contributed by atoms with E-state index in [1.165, 1.54) is 6.08 Å². The number of rotatable bonds is 11. The van der Waals surface area contributed by atoms with Crippen LogP contribution in [0.3, 0.4) is 0 Å². The minimum Gasteiger partial charge on any atom is -0.493 e. The Balaban J connectivity index is 1.30. The topological polar surface area (TPSA) is 116 Å². The fourth-order valence-corrected chi connectivity index (χ4v) is 5.31. The van der Waals surface area contributed by atoms with Crippen LogP contribution in [0.1, 0.15) is 21.7 Å². The van der Waals surface area contributed by atoms with Crippen LogP contribution in [0.5, 0.6) is 17.4 Å². The van der Waals surface area contributed by atoms with Gasteiger partial charge in [0, 0.05) is 17.6 Å². The fourth-order valence-electron chi connectivity index (χ4n) is 3.97. The van der Waals surface area contributed by atoms with E-state index < -0.39 is 7.60 Å². The molecule has 2 aromatic heterocycles. The summed E-state index contributed by atoms with van der Waals surface area (Å²) >= 11 is 1.60. The number of thiazole rings is 1. The summed E-state index contributed by atoms with van der Waals surface area (Å²) in [6, 6.07) is 24.9. The third-order valence-electron chi connectivity index (χ3n) is 6.05. The summed E-state index contributed by atoms with van der Waals surface area (Å²) in [7, 11) is -2.79. The Morgan fingerprint density at radius 2 is 1.68 bits per heavy atom. The van der Waals surface area contributed by atoms with E-state index >= 15 is 0 Å². The zero-order valence-electron chi connectivity index (χ0n) is 22.4. The predicted octanol–water partition coefficient (Wildman–Crippen LogP) is 6.62. The monoisotopic (exact) mass is 589 g/mol. The second kappa shape index (κ2) is 12.5. The molecule has 5 aromatic rings. The van der Waals surface area contributed by atoms with Gasteiger partial charge in [-0.25, -0.2) is 9.67 Å². The van der Waals surface area contributed by atoms with Crippen molar-refractivity contribution in [3.8, 4) is 33.6 Å². The van der Waals surface area contributed by atoms with Gasteiger partial charge in [0.05, 0.1) is 28.9 Å². The molecule has 0 aliphatic rings. The SMILES string of the molecule is COc1cc(COc2nn(-c3ccccc3)cc2C=CP(=O)(O)O)ccc1OCc1sc(-c2ccccc2)nc1C. The minimum absolute atomic E-state index is 0.146. The van der Waals surface area contributed by atoms with E-state index in [0.717, 1.165) is 38.2 Å². The molecular formula is C30H28N3O6PS. The normalized spacial score (nSPS) is 11.6. The van der Waals surface area contributed by atoms with Gasteiger partial charge in [-0.2, -0.15) is 0 Å². The van der Waals surface area contributed by atoms with Crippen molar-refractivity contribution >= 4 is 25.0 Å². The van der Waals surface area contributed by atoms with Crippen molar-refractivity contribution in [2.24, 2.45) is 0 Å². The molecule has 0 radical (unpaired) electrons. The molecule has 0 aliphatic carbocycles. The highest BCUT2D eigenvalue weighted by Crippen LogP contribution is 2.38. The smallest absolute Gasteiger partial charge is 0.349 e. The third kappa shape index (κ3) is 7.31. The molecule has 210 valence electrons. The highest BCUT2D eigenvalue weighted by atomic mass is 32.1. The van der Waals surface area contributed by atoms with Crippen molar-refractivity contribution in [1.82, 2.24) is 14.8 Å². The summed E-state index contributed by atoms with van der Waals surface area (Å²) in [4.78, 5) is 24.3. The third-order valence-corrected chi connectivity index (χ3v) is 7.77. The Morgan fingerprint density at radius 1 is 0.951 bits per heavy atom. The minimum atomic E-state index is -4.36. The van der Waals surface area contributed by atoms with Crippen LogP contribution in [0.25, 0.3) is 22.3 Å². The van der Waals surface area contributed by atoms with Crippen molar-refractivity contribution in [2.75, 3.05) is 7.11 Å². The summed E-state index contributed by atoms with van der Waals surface area (Å²) in [5, 5.41) is 5.43. The largest absolute Gasteiger partial charge is 0.493 e. The van der Waals surface area contributed by atoms with E-state index in [-0.39, 0.29) is 12.5 Å². The lowest BCUT2D eigenvalue weighted by atomic mass is 10.2. The Kier molecular flexibility index (Phi) is 8.66. The van der Waals surface area contributed by atoms with Crippen LogP contribution in [-0.4, -0.2) is 31.7 Å². The van der Waals surface area contributed by atoms with Gasteiger partial charge in [0.15, 0.2) is 11.5 Å². The summed E-state index contributed by atoms with van der Waals surface area (Å²) in [6.07, 6.45) is 2.96. The van der Waals surface area contributed by atoms with Crippen molar-refractivity contribution in [1.29, 1.82) is 0 Å². The van der Waals surface area contributed by atoms with Gasteiger partial charge in [-0.05, 0) is 42.8 Å². The molecule has 0 atom stereocenters. The summed E-state index contributed by atoms with van der Waals surface area (Å²) in [5.74, 6) is 2.19. The standard InChI is InChI=1S/C30H28N3O6PS/c1-21-28(41-30(31-21)23-9-5-3-6-10-23)20-38-26-14-13-22(17-27(26)37-2)19-39-29-24(15-16-40(34,35)36)18-33(32-29)25-11-7-4-8-12-25/h3-18H,19-20H2,1-2H3,(H2,34,35,36). The van der Waals surface area contributed by atoms with Gasteiger partial charge in [-0.1, -0.05) is 54.6 Å². The summed E-state index contributed by atoms with van der Waals surface area (Å²) < 4.78 is 30.7. The molecule has 0 saturated heterocycles. The van der Waals surface area contributed by atoms with Gasteiger partial charge in [0.1, 0.15) is 18.2 Å². The molecule has 0 aliphatic heterocycles. The number of aryl methyl sites for hydroxylation is 1. The molecule has 0 fully saturated rings. The van der Waals surface area contributed by atoms with Gasteiger partial charge >= 0.3 is 7.60 Å². The van der Waals surface area contributed by atoms with E-state index in [1.807, 2.05) is 85.8 Å². The van der Waals surface area contributed by atoms with Crippen molar-refractivity contribution in [3.05, 3.63) is 113 Å². The van der Waals surface area contributed by atoms with Crippen LogP contribution in [0.15, 0.2) is 90.9 Å². The van der Waals surface area contributed by atoms with E-state index in [9.17, 15) is 14.4 Å². The van der Waals surface area contributed by atoms with Crippen molar-refractivity contribution < 1.29 is 28.6 Å². The highest BCUT2D eigenvalue weighted by molar-refractivity contribution is 7.55. The molecular weight excluding hydrogens is 561 g/mol. The van der Waals surface area contributed by atoms with Crippen LogP contribution in [-0.2, 0) is 17.8 Å². The first-order chi connectivity index (χ1) is 19.8. The van der Waals surface area contributed by atoms with Gasteiger partial charge in [0.25, 0.3) is 0 Å². The van der Waals surface area contributed by atoms with Gasteiger partial charge < -0.3 is 24.0 Å². The van der Waals surface area contributed by atoms with Crippen LogP contribution in [0.4, 0.5) is 0 Å². The van der Waals surface area contributed by atoms with E-state index in [1.54, 1.807) is 29.3 Å². The lowest BCUT2D eigenvalue weighted by molar-refractivity contribution is 0.280. The maximum Gasteiger partial charge on any atom is 0.349 e. The molecule has 0 saturated carbocycles. The number of nitrogens with zero attached hydrogens (tertiary/aromatic N) is 3. The van der Waals surface area contributed by atoms with E-state index in [2.05, 4.69) is 5.10 Å². The van der Waals surface area contributed by atoms with Crippen molar-refractivity contribution in [3.63, 3.8) is 0 Å². The number of methoxy groups -OCH3 is 1. The molecule has 2 heterocycles. The first-order valence-electron chi connectivity index (χ1n) is 12.6. The molecule has 0 bridgehead atoms. The second-order valence-corrected chi connectivity index (χ2v) is 11.6. The number of ether oxygens (including phenoxy) is 3.